The first-order valence-electron chi connectivity index (χ1n) is 9.81. The molecule has 8 nitrogen and oxygen atoms in total. The molecule has 2 aliphatic heterocycles. The first-order valence-corrected chi connectivity index (χ1v) is 9.81. The van der Waals surface area contributed by atoms with Crippen molar-refractivity contribution in [2.45, 2.75) is 12.3 Å². The number of amides is 1. The van der Waals surface area contributed by atoms with Crippen molar-refractivity contribution < 1.29 is 19.1 Å². The number of hydrogen-bond donors (Lipinski definition) is 2. The van der Waals surface area contributed by atoms with Crippen LogP contribution in [-0.4, -0.2) is 23.1 Å². The first kappa shape index (κ1) is 18.9. The van der Waals surface area contributed by atoms with Gasteiger partial charge in [0.1, 0.15) is 16.7 Å². The monoisotopic (exact) mass is 417 g/mol. The molecule has 3 N–H and O–H groups in total. The Morgan fingerprint density at radius 3 is 2.65 bits per heavy atom. The largest absolute Gasteiger partial charge is 0.462 e. The van der Waals surface area contributed by atoms with Gasteiger partial charge in [0.25, 0.3) is 5.56 Å². The lowest BCUT2D eigenvalue weighted by Crippen LogP contribution is -2.49. The van der Waals surface area contributed by atoms with Crippen LogP contribution in [-0.2, 0) is 26.8 Å². The average Bonchev–Trinajstić information content (AvgIpc) is 3.04. The molecule has 1 atom stereocenters. The minimum atomic E-state index is -1.79. The summed E-state index contributed by atoms with van der Waals surface area (Å²) in [5.41, 5.74) is 5.38. The molecule has 3 aromatic rings. The molecule has 1 aromatic heterocycles. The number of carbonyl (C=O) groups excluding carboxylic acids is 2. The Morgan fingerprint density at radius 2 is 1.87 bits per heavy atom. The molecule has 3 heterocycles. The minimum Gasteiger partial charge on any atom is -0.462 e. The lowest BCUT2D eigenvalue weighted by atomic mass is 9.68. The van der Waals surface area contributed by atoms with Crippen LogP contribution in [0.3, 0.4) is 0 Å². The fourth-order valence-corrected chi connectivity index (χ4v) is 4.59. The normalized spacial score (nSPS) is 19.1. The molecule has 1 amide bonds. The summed E-state index contributed by atoms with van der Waals surface area (Å²) >= 11 is 0. The van der Waals surface area contributed by atoms with Gasteiger partial charge in [-0.2, -0.15) is 0 Å². The summed E-state index contributed by atoms with van der Waals surface area (Å²) in [7, 11) is 1.61. The van der Waals surface area contributed by atoms with Crippen molar-refractivity contribution in [1.29, 1.82) is 0 Å². The Bertz CT molecular complexity index is 1390. The highest BCUT2D eigenvalue weighted by Gasteiger charge is 2.60. The molecule has 0 aliphatic carbocycles. The highest BCUT2D eigenvalue weighted by atomic mass is 16.5. The van der Waals surface area contributed by atoms with Crippen LogP contribution in [0.5, 0.6) is 5.75 Å². The maximum Gasteiger partial charge on any atom is 0.341 e. The Labute approximate surface area is 176 Å². The highest BCUT2D eigenvalue weighted by molar-refractivity contribution is 6.18. The summed E-state index contributed by atoms with van der Waals surface area (Å²) in [5, 5.41) is 3.40. The van der Waals surface area contributed by atoms with Gasteiger partial charge in [0.15, 0.2) is 0 Å². The smallest absolute Gasteiger partial charge is 0.341 e. The van der Waals surface area contributed by atoms with Gasteiger partial charge in [-0.05, 0) is 25.1 Å². The summed E-state index contributed by atoms with van der Waals surface area (Å²) in [5.74, 6) is -1.48. The zero-order chi connectivity index (χ0) is 21.9. The van der Waals surface area contributed by atoms with E-state index >= 15 is 0 Å². The molecule has 1 spiro atoms. The summed E-state index contributed by atoms with van der Waals surface area (Å²) in [6.45, 7) is 1.71. The first-order chi connectivity index (χ1) is 14.9. The molecule has 5 rings (SSSR count). The second-order valence-electron chi connectivity index (χ2n) is 7.40. The van der Waals surface area contributed by atoms with Gasteiger partial charge in [0.2, 0.25) is 11.8 Å². The van der Waals surface area contributed by atoms with Crippen molar-refractivity contribution in [2.24, 2.45) is 12.8 Å². The fourth-order valence-electron chi connectivity index (χ4n) is 4.59. The molecule has 1 unspecified atom stereocenters. The molecular weight excluding hydrogens is 398 g/mol. The Hall–Kier alpha value is -4.07. The van der Waals surface area contributed by atoms with E-state index in [2.05, 4.69) is 5.32 Å². The zero-order valence-corrected chi connectivity index (χ0v) is 16.9. The number of nitrogens with two attached hydrogens (primary N) is 1. The molecule has 0 bridgehead atoms. The Morgan fingerprint density at radius 1 is 1.16 bits per heavy atom. The lowest BCUT2D eigenvalue weighted by molar-refractivity contribution is -0.140. The van der Waals surface area contributed by atoms with Gasteiger partial charge in [0.05, 0.1) is 17.7 Å². The van der Waals surface area contributed by atoms with Crippen molar-refractivity contribution in [3.63, 3.8) is 0 Å². The SMILES string of the molecule is CCOC(=O)C1=C(N)Oc2c(c(=O)n(C)c3ccccc23)C12C(=O)Nc1ccccc12. The van der Waals surface area contributed by atoms with Crippen LogP contribution in [0.4, 0.5) is 5.69 Å². The average molecular weight is 417 g/mol. The van der Waals surface area contributed by atoms with Gasteiger partial charge in [0, 0.05) is 23.7 Å². The van der Waals surface area contributed by atoms with E-state index in [9.17, 15) is 14.4 Å². The zero-order valence-electron chi connectivity index (χ0n) is 16.9. The fraction of sp³-hybridized carbons (Fsp3) is 0.174. The van der Waals surface area contributed by atoms with Gasteiger partial charge in [-0.25, -0.2) is 4.79 Å². The number of para-hydroxylation sites is 2. The van der Waals surface area contributed by atoms with Crippen LogP contribution in [0.25, 0.3) is 10.9 Å². The van der Waals surface area contributed by atoms with Gasteiger partial charge in [-0.3, -0.25) is 9.59 Å². The third kappa shape index (κ3) is 2.27. The summed E-state index contributed by atoms with van der Waals surface area (Å²) in [6.07, 6.45) is 0. The molecular formula is C23H19N3O5. The number of aromatic nitrogens is 1. The van der Waals surface area contributed by atoms with E-state index in [1.807, 2.05) is 0 Å². The van der Waals surface area contributed by atoms with Crippen molar-refractivity contribution in [1.82, 2.24) is 4.57 Å². The molecule has 31 heavy (non-hydrogen) atoms. The topological polar surface area (TPSA) is 113 Å². The van der Waals surface area contributed by atoms with Crippen molar-refractivity contribution in [3.8, 4) is 5.75 Å². The number of nitrogens with one attached hydrogen (secondary N) is 1. The maximum atomic E-state index is 13.7. The van der Waals surface area contributed by atoms with Crippen LogP contribution in [0.1, 0.15) is 18.1 Å². The standard InChI is InChI=1S/C23H19N3O5/c1-3-30-21(28)17-19(24)31-18-12-8-4-7-11-15(12)26(2)20(27)16(18)23(17)13-9-5-6-10-14(13)25-22(23)29/h4-11H,3,24H2,1-2H3,(H,25,29). The van der Waals surface area contributed by atoms with Gasteiger partial charge >= 0.3 is 5.97 Å². The quantitative estimate of drug-likeness (QED) is 0.616. The molecule has 0 saturated carbocycles. The Kier molecular flexibility index (Phi) is 3.95. The van der Waals surface area contributed by atoms with E-state index in [4.69, 9.17) is 15.2 Å². The number of nitrogens with zero attached hydrogens (tertiary/aromatic N) is 1. The number of fused-ring (bicyclic) bond motifs is 6. The highest BCUT2D eigenvalue weighted by Crippen LogP contribution is 2.53. The number of esters is 1. The van der Waals surface area contributed by atoms with E-state index < -0.39 is 22.9 Å². The number of pyridine rings is 1. The number of rotatable bonds is 2. The maximum absolute atomic E-state index is 13.7. The predicted octanol–water partition coefficient (Wildman–Crippen LogP) is 1.90. The van der Waals surface area contributed by atoms with Crippen LogP contribution < -0.4 is 21.3 Å². The molecule has 8 heteroatoms. The summed E-state index contributed by atoms with van der Waals surface area (Å²) < 4.78 is 12.5. The number of hydrogen-bond acceptors (Lipinski definition) is 6. The summed E-state index contributed by atoms with van der Waals surface area (Å²) in [6, 6.07) is 14.1. The van der Waals surface area contributed by atoms with E-state index in [0.29, 0.717) is 22.2 Å². The third-order valence-corrected chi connectivity index (χ3v) is 5.86. The predicted molar refractivity (Wildman–Crippen MR) is 114 cm³/mol. The molecule has 0 saturated heterocycles. The van der Waals surface area contributed by atoms with E-state index in [0.717, 1.165) is 0 Å². The van der Waals surface area contributed by atoms with Gasteiger partial charge < -0.3 is 25.1 Å². The molecule has 2 aromatic carbocycles. The number of benzene rings is 2. The van der Waals surface area contributed by atoms with Crippen LogP contribution in [0.15, 0.2) is 64.8 Å². The third-order valence-electron chi connectivity index (χ3n) is 5.86. The minimum absolute atomic E-state index is 0.0356. The van der Waals surface area contributed by atoms with Crippen molar-refractivity contribution in [3.05, 3.63) is 81.5 Å². The molecule has 0 radical (unpaired) electrons. The lowest BCUT2D eigenvalue weighted by Gasteiger charge is -2.35. The number of ether oxygens (including phenoxy) is 2. The molecule has 156 valence electrons. The molecule has 2 aliphatic rings. The van der Waals surface area contributed by atoms with Crippen molar-refractivity contribution >= 4 is 28.5 Å². The van der Waals surface area contributed by atoms with Gasteiger partial charge in [-0.15, -0.1) is 0 Å². The van der Waals surface area contributed by atoms with Crippen LogP contribution >= 0.6 is 0 Å². The Balaban J connectivity index is 2.00. The number of anilines is 1. The number of carbonyl (C=O) groups is 2. The van der Waals surface area contributed by atoms with Crippen LogP contribution in [0.2, 0.25) is 0 Å². The van der Waals surface area contributed by atoms with E-state index in [1.54, 1.807) is 62.5 Å². The van der Waals surface area contributed by atoms with Crippen LogP contribution in [0, 0.1) is 0 Å². The molecule has 0 fully saturated rings. The van der Waals surface area contributed by atoms with Gasteiger partial charge in [-0.1, -0.05) is 30.3 Å². The van der Waals surface area contributed by atoms with Crippen molar-refractivity contribution in [2.75, 3.05) is 11.9 Å². The van der Waals surface area contributed by atoms with E-state index in [1.165, 1.54) is 4.57 Å². The van der Waals surface area contributed by atoms with E-state index in [-0.39, 0.29) is 29.4 Å². The second-order valence-corrected chi connectivity index (χ2v) is 7.40. The summed E-state index contributed by atoms with van der Waals surface area (Å²) in [4.78, 5) is 40.4. The second kappa shape index (κ2) is 6.46. The number of aryl methyl sites for hydroxylation is 1.